The van der Waals surface area contributed by atoms with Gasteiger partial charge < -0.3 is 15.5 Å². The van der Waals surface area contributed by atoms with Crippen LogP contribution >= 0.6 is 11.6 Å². The minimum absolute atomic E-state index is 0.0496. The fraction of sp³-hybridized carbons (Fsp3) is 0.227. The summed E-state index contributed by atoms with van der Waals surface area (Å²) < 4.78 is 29.9. The van der Waals surface area contributed by atoms with Gasteiger partial charge in [-0.2, -0.15) is 0 Å². The molecule has 1 atom stereocenters. The molecule has 0 radical (unpaired) electrons. The van der Waals surface area contributed by atoms with E-state index in [-0.39, 0.29) is 45.6 Å². The summed E-state index contributed by atoms with van der Waals surface area (Å²) in [6.07, 6.45) is -0.676. The van der Waals surface area contributed by atoms with Gasteiger partial charge in [0.15, 0.2) is 11.6 Å². The molecule has 0 aliphatic rings. The molecule has 0 saturated heterocycles. The molecule has 1 heterocycles. The average Bonchev–Trinajstić information content (AvgIpc) is 2.97. The molecule has 0 saturated carbocycles. The number of aliphatic carboxylic acids is 1. The zero-order valence-electron chi connectivity index (χ0n) is 17.1. The molecule has 1 aromatic heterocycles. The number of phenolic OH excluding ortho intramolecular Hbond substituents is 1. The minimum atomic E-state index is -1.10. The van der Waals surface area contributed by atoms with Crippen molar-refractivity contribution in [3.05, 3.63) is 63.8 Å². The van der Waals surface area contributed by atoms with Crippen LogP contribution in [0.5, 0.6) is 5.75 Å². The number of amides is 1. The molecule has 0 bridgehead atoms. The van der Waals surface area contributed by atoms with E-state index in [0.29, 0.717) is 0 Å². The number of halogens is 3. The summed E-state index contributed by atoms with van der Waals surface area (Å²) in [5, 5.41) is 20.9. The maximum Gasteiger partial charge on any atom is 0.305 e. The number of hydrogen-bond donors (Lipinski definition) is 3. The largest absolute Gasteiger partial charge is 0.505 e. The van der Waals surface area contributed by atoms with Gasteiger partial charge in [0, 0.05) is 22.7 Å². The highest BCUT2D eigenvalue weighted by Crippen LogP contribution is 2.33. The highest BCUT2D eigenvalue weighted by Gasteiger charge is 2.26. The molecule has 3 rings (SSSR count). The summed E-state index contributed by atoms with van der Waals surface area (Å²) in [5.74, 6) is -4.85. The quantitative estimate of drug-likeness (QED) is 0.514. The Labute approximate surface area is 186 Å². The molecular weight excluding hydrogens is 446 g/mol. The van der Waals surface area contributed by atoms with Crippen molar-refractivity contribution >= 4 is 40.3 Å². The van der Waals surface area contributed by atoms with Gasteiger partial charge in [0.1, 0.15) is 5.82 Å². The number of carboxylic acid groups (broad SMARTS) is 1. The van der Waals surface area contributed by atoms with Gasteiger partial charge in [-0.1, -0.05) is 11.6 Å². The lowest BCUT2D eigenvalue weighted by Crippen LogP contribution is -2.35. The number of carbonyl (C=O) groups is 3. The van der Waals surface area contributed by atoms with Crippen LogP contribution in [0, 0.1) is 18.6 Å². The molecule has 10 heteroatoms. The highest BCUT2D eigenvalue weighted by molar-refractivity contribution is 6.30. The summed E-state index contributed by atoms with van der Waals surface area (Å²) in [6, 6.07) is 5.20. The fourth-order valence-electron chi connectivity index (χ4n) is 3.56. The number of carboxylic acids is 1. The van der Waals surface area contributed by atoms with Crippen molar-refractivity contribution in [3.63, 3.8) is 0 Å². The minimum Gasteiger partial charge on any atom is -0.505 e. The second-order valence-electron chi connectivity index (χ2n) is 7.37. The van der Waals surface area contributed by atoms with Crippen LogP contribution in [-0.2, 0) is 16.0 Å². The van der Waals surface area contributed by atoms with Gasteiger partial charge >= 0.3 is 5.97 Å². The smallest absolute Gasteiger partial charge is 0.305 e. The van der Waals surface area contributed by atoms with Crippen LogP contribution in [0.3, 0.4) is 0 Å². The third-order valence-electron chi connectivity index (χ3n) is 5.01. The molecule has 32 heavy (non-hydrogen) atoms. The number of hydrogen-bond acceptors (Lipinski definition) is 4. The topological polar surface area (TPSA) is 109 Å². The normalized spacial score (nSPS) is 12.0. The molecule has 3 aromatic rings. The third-order valence-corrected chi connectivity index (χ3v) is 5.32. The van der Waals surface area contributed by atoms with Crippen molar-refractivity contribution in [3.8, 4) is 5.75 Å². The number of benzene rings is 2. The monoisotopic (exact) mass is 464 g/mol. The predicted molar refractivity (Wildman–Crippen MR) is 113 cm³/mol. The molecular formula is C22H19ClF2N2O5. The van der Waals surface area contributed by atoms with Gasteiger partial charge in [-0.3, -0.25) is 19.0 Å². The summed E-state index contributed by atoms with van der Waals surface area (Å²) in [4.78, 5) is 36.4. The van der Waals surface area contributed by atoms with E-state index in [1.165, 1.54) is 32.0 Å². The van der Waals surface area contributed by atoms with Crippen LogP contribution in [0.25, 0.3) is 10.9 Å². The molecule has 3 N–H and O–H groups in total. The molecule has 1 amide bonds. The average molecular weight is 465 g/mol. The summed E-state index contributed by atoms with van der Waals surface area (Å²) in [6.45, 7) is 3.00. The van der Waals surface area contributed by atoms with E-state index < -0.39 is 41.2 Å². The van der Waals surface area contributed by atoms with E-state index in [1.807, 2.05) is 0 Å². The van der Waals surface area contributed by atoms with Crippen molar-refractivity contribution in [1.29, 1.82) is 0 Å². The second-order valence-corrected chi connectivity index (χ2v) is 7.78. The van der Waals surface area contributed by atoms with Gasteiger partial charge in [0.25, 0.3) is 5.91 Å². The zero-order chi connectivity index (χ0) is 23.7. The van der Waals surface area contributed by atoms with Crippen LogP contribution in [-0.4, -0.2) is 38.6 Å². The summed E-state index contributed by atoms with van der Waals surface area (Å²) >= 11 is 5.68. The summed E-state index contributed by atoms with van der Waals surface area (Å²) in [7, 11) is 0. The Balaban J connectivity index is 2.09. The molecule has 7 nitrogen and oxygen atoms in total. The number of nitrogens with one attached hydrogen (secondary N) is 1. The van der Waals surface area contributed by atoms with Gasteiger partial charge in [-0.05, 0) is 49.7 Å². The van der Waals surface area contributed by atoms with E-state index in [2.05, 4.69) is 5.32 Å². The number of aromatic nitrogens is 1. The van der Waals surface area contributed by atoms with Crippen LogP contribution in [0.1, 0.15) is 35.0 Å². The first-order chi connectivity index (χ1) is 15.0. The van der Waals surface area contributed by atoms with Crippen molar-refractivity contribution in [2.45, 2.75) is 32.7 Å². The number of rotatable bonds is 6. The van der Waals surface area contributed by atoms with E-state index in [1.54, 1.807) is 0 Å². The van der Waals surface area contributed by atoms with Crippen molar-refractivity contribution in [2.75, 3.05) is 0 Å². The molecule has 0 aliphatic carbocycles. The molecule has 0 spiro atoms. The Hall–Kier alpha value is -3.46. The first-order valence-electron chi connectivity index (χ1n) is 9.53. The fourth-order valence-corrected chi connectivity index (χ4v) is 3.68. The number of aromatic hydroxyl groups is 1. The lowest BCUT2D eigenvalue weighted by molar-refractivity contribution is -0.137. The van der Waals surface area contributed by atoms with Crippen LogP contribution in [0.15, 0.2) is 30.3 Å². The van der Waals surface area contributed by atoms with Crippen molar-refractivity contribution in [2.24, 2.45) is 0 Å². The maximum atomic E-state index is 14.9. The Morgan fingerprint density at radius 2 is 1.88 bits per heavy atom. The van der Waals surface area contributed by atoms with Crippen LogP contribution in [0.4, 0.5) is 8.78 Å². The highest BCUT2D eigenvalue weighted by atomic mass is 35.5. The van der Waals surface area contributed by atoms with E-state index in [0.717, 1.165) is 16.7 Å². The molecule has 168 valence electrons. The first kappa shape index (κ1) is 23.2. The standard InChI is InChI=1S/C22H19ClF2N2O5/c1-10(7-19(30)31)26-18(29)9-13-11(2)27(16-5-6-17(28)21(25)20(13)16)22(32)12-3-4-14(23)15(24)8-12/h3-6,8,10,28H,7,9H2,1-2H3,(H,26,29)(H,30,31). The van der Waals surface area contributed by atoms with E-state index >= 15 is 0 Å². The molecule has 0 aliphatic heterocycles. The maximum absolute atomic E-state index is 14.9. The van der Waals surface area contributed by atoms with E-state index in [9.17, 15) is 28.3 Å². The van der Waals surface area contributed by atoms with Gasteiger partial charge in [0.2, 0.25) is 5.91 Å². The SMILES string of the molecule is Cc1c(CC(=O)NC(C)CC(=O)O)c2c(F)c(O)ccc2n1C(=O)c1ccc(Cl)c(F)c1. The Kier molecular flexibility index (Phi) is 6.50. The number of phenols is 1. The summed E-state index contributed by atoms with van der Waals surface area (Å²) in [5.41, 5.74) is 0.383. The number of nitrogens with zero attached hydrogens (tertiary/aromatic N) is 1. The lowest BCUT2D eigenvalue weighted by atomic mass is 10.1. The van der Waals surface area contributed by atoms with Gasteiger partial charge in [0.05, 0.1) is 23.4 Å². The Bertz CT molecular complexity index is 1260. The third kappa shape index (κ3) is 4.43. The van der Waals surface area contributed by atoms with Crippen molar-refractivity contribution in [1.82, 2.24) is 9.88 Å². The van der Waals surface area contributed by atoms with Gasteiger partial charge in [-0.25, -0.2) is 8.78 Å². The Morgan fingerprint density at radius 3 is 2.50 bits per heavy atom. The Morgan fingerprint density at radius 1 is 1.19 bits per heavy atom. The number of fused-ring (bicyclic) bond motifs is 1. The first-order valence-corrected chi connectivity index (χ1v) is 9.91. The van der Waals surface area contributed by atoms with Crippen molar-refractivity contribution < 1.29 is 33.4 Å². The predicted octanol–water partition coefficient (Wildman–Crippen LogP) is 3.80. The van der Waals surface area contributed by atoms with Crippen LogP contribution in [0.2, 0.25) is 5.02 Å². The lowest BCUT2D eigenvalue weighted by Gasteiger charge is -2.12. The number of carbonyl (C=O) groups excluding carboxylic acids is 2. The second kappa shape index (κ2) is 8.96. The van der Waals surface area contributed by atoms with E-state index in [4.69, 9.17) is 16.7 Å². The molecule has 0 fully saturated rings. The zero-order valence-corrected chi connectivity index (χ0v) is 17.8. The van der Waals surface area contributed by atoms with Gasteiger partial charge in [-0.15, -0.1) is 0 Å². The molecule has 1 unspecified atom stereocenters. The van der Waals surface area contributed by atoms with Crippen LogP contribution < -0.4 is 5.32 Å². The molecule has 2 aromatic carbocycles.